The van der Waals surface area contributed by atoms with Gasteiger partial charge in [-0.15, -0.1) is 0 Å². The fraction of sp³-hybridized carbons (Fsp3) is 0.385. The molecule has 11 heteroatoms. The Morgan fingerprint density at radius 2 is 1.96 bits per heavy atom. The standard InChI is InChI=1S/C13H13F3N2O6/c1-3-23-12(20)8-4-10(18(21)22)9(17-7(2)19)5-11(8)24-6-13(14,15)16/h4-5H,3,6H2,1-2H3,(H,17,19). The van der Waals surface area contributed by atoms with Crippen molar-refractivity contribution in [2.45, 2.75) is 20.0 Å². The second-order valence-electron chi connectivity index (χ2n) is 4.43. The van der Waals surface area contributed by atoms with Gasteiger partial charge >= 0.3 is 12.1 Å². The third-order valence-electron chi connectivity index (χ3n) is 2.49. The van der Waals surface area contributed by atoms with Crippen LogP contribution in [0.25, 0.3) is 0 Å². The number of amides is 1. The van der Waals surface area contributed by atoms with Crippen LogP contribution in [0.15, 0.2) is 12.1 Å². The van der Waals surface area contributed by atoms with E-state index in [1.165, 1.54) is 6.92 Å². The molecule has 1 amide bonds. The van der Waals surface area contributed by atoms with Crippen LogP contribution in [0.1, 0.15) is 24.2 Å². The van der Waals surface area contributed by atoms with Crippen LogP contribution in [-0.4, -0.2) is 36.2 Å². The van der Waals surface area contributed by atoms with Crippen molar-refractivity contribution >= 4 is 23.3 Å². The van der Waals surface area contributed by atoms with Gasteiger partial charge in [0.1, 0.15) is 17.0 Å². The number of carbonyl (C=O) groups is 2. The maximum Gasteiger partial charge on any atom is 0.422 e. The Kier molecular flexibility index (Phi) is 6.09. The number of anilines is 1. The fourth-order valence-corrected chi connectivity index (χ4v) is 1.66. The first-order valence-electron chi connectivity index (χ1n) is 6.51. The third-order valence-corrected chi connectivity index (χ3v) is 2.49. The van der Waals surface area contributed by atoms with Gasteiger partial charge in [0.2, 0.25) is 5.91 Å². The zero-order valence-electron chi connectivity index (χ0n) is 12.6. The second kappa shape index (κ2) is 7.62. The molecule has 1 rings (SSSR count). The molecule has 0 fully saturated rings. The molecule has 0 radical (unpaired) electrons. The minimum Gasteiger partial charge on any atom is -0.483 e. The molecule has 0 atom stereocenters. The van der Waals surface area contributed by atoms with Crippen LogP contribution >= 0.6 is 0 Å². The molecule has 0 saturated carbocycles. The molecule has 0 heterocycles. The second-order valence-corrected chi connectivity index (χ2v) is 4.43. The fourth-order valence-electron chi connectivity index (χ4n) is 1.66. The van der Waals surface area contributed by atoms with Crippen molar-refractivity contribution in [2.24, 2.45) is 0 Å². The van der Waals surface area contributed by atoms with Crippen LogP contribution in [0, 0.1) is 10.1 Å². The highest BCUT2D eigenvalue weighted by Gasteiger charge is 2.31. The van der Waals surface area contributed by atoms with Gasteiger partial charge in [-0.25, -0.2) is 4.79 Å². The lowest BCUT2D eigenvalue weighted by atomic mass is 10.1. The average Bonchev–Trinajstić information content (AvgIpc) is 2.43. The molecular weight excluding hydrogens is 337 g/mol. The van der Waals surface area contributed by atoms with E-state index in [0.29, 0.717) is 6.07 Å². The third kappa shape index (κ3) is 5.41. The molecule has 1 aromatic rings. The number of benzene rings is 1. The lowest BCUT2D eigenvalue weighted by Crippen LogP contribution is -2.21. The number of nitrogens with one attached hydrogen (secondary N) is 1. The lowest BCUT2D eigenvalue weighted by molar-refractivity contribution is -0.384. The molecule has 0 unspecified atom stereocenters. The Morgan fingerprint density at radius 1 is 1.33 bits per heavy atom. The smallest absolute Gasteiger partial charge is 0.422 e. The summed E-state index contributed by atoms with van der Waals surface area (Å²) in [7, 11) is 0. The van der Waals surface area contributed by atoms with E-state index >= 15 is 0 Å². The molecule has 132 valence electrons. The van der Waals surface area contributed by atoms with E-state index in [9.17, 15) is 32.9 Å². The number of nitrogens with zero attached hydrogens (tertiary/aromatic N) is 1. The summed E-state index contributed by atoms with van der Waals surface area (Å²) in [5, 5.41) is 13.1. The molecular formula is C13H13F3N2O6. The summed E-state index contributed by atoms with van der Waals surface area (Å²) in [5.41, 5.74) is -1.65. The quantitative estimate of drug-likeness (QED) is 0.480. The van der Waals surface area contributed by atoms with Gasteiger partial charge in [-0.1, -0.05) is 0 Å². The predicted octanol–water partition coefficient (Wildman–Crippen LogP) is 2.67. The molecule has 0 aliphatic heterocycles. The Labute approximate surface area is 133 Å². The SMILES string of the molecule is CCOC(=O)c1cc([N+](=O)[O-])c(NC(C)=O)cc1OCC(F)(F)F. The minimum atomic E-state index is -4.69. The topological polar surface area (TPSA) is 108 Å². The van der Waals surface area contributed by atoms with E-state index in [-0.39, 0.29) is 6.61 Å². The van der Waals surface area contributed by atoms with E-state index < -0.39 is 52.3 Å². The van der Waals surface area contributed by atoms with E-state index in [0.717, 1.165) is 13.0 Å². The van der Waals surface area contributed by atoms with Gasteiger partial charge in [-0.05, 0) is 6.92 Å². The number of rotatable bonds is 6. The van der Waals surface area contributed by atoms with Gasteiger partial charge in [0.25, 0.3) is 5.69 Å². The predicted molar refractivity (Wildman–Crippen MR) is 74.9 cm³/mol. The van der Waals surface area contributed by atoms with Gasteiger partial charge < -0.3 is 14.8 Å². The van der Waals surface area contributed by atoms with Crippen LogP contribution in [0.3, 0.4) is 0 Å². The Bertz CT molecular complexity index is 660. The maximum atomic E-state index is 12.3. The van der Waals surface area contributed by atoms with Crippen LogP contribution in [0.2, 0.25) is 0 Å². The maximum absolute atomic E-state index is 12.3. The molecule has 0 aliphatic carbocycles. The number of hydrogen-bond donors (Lipinski definition) is 1. The highest BCUT2D eigenvalue weighted by Crippen LogP contribution is 2.34. The number of nitro benzene ring substituents is 1. The first kappa shape index (κ1) is 19.2. The van der Waals surface area contributed by atoms with Gasteiger partial charge in [0.05, 0.1) is 11.5 Å². The summed E-state index contributed by atoms with van der Waals surface area (Å²) in [6, 6.07) is 1.46. The summed E-state index contributed by atoms with van der Waals surface area (Å²) in [5.74, 6) is -2.38. The summed E-state index contributed by atoms with van der Waals surface area (Å²) in [6.07, 6.45) is -4.69. The van der Waals surface area contributed by atoms with Crippen LogP contribution < -0.4 is 10.1 Å². The molecule has 1 N–H and O–H groups in total. The van der Waals surface area contributed by atoms with E-state index in [1.807, 2.05) is 0 Å². The van der Waals surface area contributed by atoms with Crippen molar-refractivity contribution in [2.75, 3.05) is 18.5 Å². The average molecular weight is 350 g/mol. The molecule has 0 aliphatic rings. The van der Waals surface area contributed by atoms with Crippen molar-refractivity contribution in [1.82, 2.24) is 0 Å². The van der Waals surface area contributed by atoms with Gasteiger partial charge in [-0.2, -0.15) is 13.2 Å². The summed E-state index contributed by atoms with van der Waals surface area (Å²) in [6.45, 7) is 0.684. The van der Waals surface area contributed by atoms with Crippen molar-refractivity contribution in [3.8, 4) is 5.75 Å². The van der Waals surface area contributed by atoms with Gasteiger partial charge in [0, 0.05) is 19.1 Å². The van der Waals surface area contributed by atoms with Crippen molar-refractivity contribution in [3.63, 3.8) is 0 Å². The van der Waals surface area contributed by atoms with Crippen LogP contribution in [-0.2, 0) is 9.53 Å². The molecule has 0 aromatic heterocycles. The Balaban J connectivity index is 3.41. The largest absolute Gasteiger partial charge is 0.483 e. The van der Waals surface area contributed by atoms with E-state index in [4.69, 9.17) is 0 Å². The number of hydrogen-bond acceptors (Lipinski definition) is 6. The van der Waals surface area contributed by atoms with Gasteiger partial charge in [-0.3, -0.25) is 14.9 Å². The van der Waals surface area contributed by atoms with Crippen molar-refractivity contribution in [3.05, 3.63) is 27.8 Å². The summed E-state index contributed by atoms with van der Waals surface area (Å²) < 4.78 is 46.1. The molecule has 1 aromatic carbocycles. The Hall–Kier alpha value is -2.85. The molecule has 0 spiro atoms. The zero-order chi connectivity index (χ0) is 18.5. The van der Waals surface area contributed by atoms with E-state index in [1.54, 1.807) is 0 Å². The van der Waals surface area contributed by atoms with Crippen LogP contribution in [0.5, 0.6) is 5.75 Å². The molecule has 0 saturated heterocycles. The summed E-state index contributed by atoms with van der Waals surface area (Å²) >= 11 is 0. The molecule has 0 bridgehead atoms. The number of alkyl halides is 3. The lowest BCUT2D eigenvalue weighted by Gasteiger charge is -2.14. The van der Waals surface area contributed by atoms with Crippen LogP contribution in [0.4, 0.5) is 24.5 Å². The van der Waals surface area contributed by atoms with E-state index in [2.05, 4.69) is 14.8 Å². The first-order valence-corrected chi connectivity index (χ1v) is 6.51. The highest BCUT2D eigenvalue weighted by molar-refractivity contribution is 5.97. The molecule has 24 heavy (non-hydrogen) atoms. The van der Waals surface area contributed by atoms with Crippen molar-refractivity contribution in [1.29, 1.82) is 0 Å². The van der Waals surface area contributed by atoms with Crippen molar-refractivity contribution < 1.29 is 37.2 Å². The zero-order valence-corrected chi connectivity index (χ0v) is 12.6. The number of carbonyl (C=O) groups excluding carboxylic acids is 2. The highest BCUT2D eigenvalue weighted by atomic mass is 19.4. The molecule has 8 nitrogen and oxygen atoms in total. The number of ether oxygens (including phenoxy) is 2. The number of nitro groups is 1. The number of halogens is 3. The van der Waals surface area contributed by atoms with Gasteiger partial charge in [0.15, 0.2) is 6.61 Å². The summed E-state index contributed by atoms with van der Waals surface area (Å²) in [4.78, 5) is 33.0. The normalized spacial score (nSPS) is 10.9. The minimum absolute atomic E-state index is 0.0984. The Morgan fingerprint density at radius 3 is 2.42 bits per heavy atom. The first-order chi connectivity index (χ1) is 11.0. The monoisotopic (exact) mass is 350 g/mol. The number of esters is 1.